The molecule has 26 heavy (non-hydrogen) atoms. The Bertz CT molecular complexity index is 694. The van der Waals surface area contributed by atoms with Gasteiger partial charge in [0.1, 0.15) is 22.3 Å². The predicted molar refractivity (Wildman–Crippen MR) is 91.8 cm³/mol. The fourth-order valence-corrected chi connectivity index (χ4v) is 2.68. The van der Waals surface area contributed by atoms with E-state index >= 15 is 0 Å². The van der Waals surface area contributed by atoms with E-state index in [2.05, 4.69) is 10.6 Å². The summed E-state index contributed by atoms with van der Waals surface area (Å²) in [6.45, 7) is 10.4. The van der Waals surface area contributed by atoms with Gasteiger partial charge in [0.25, 0.3) is 11.8 Å². The van der Waals surface area contributed by atoms with Gasteiger partial charge in [-0.3, -0.25) is 9.59 Å². The molecule has 0 fully saturated rings. The van der Waals surface area contributed by atoms with Crippen LogP contribution in [0.15, 0.2) is 22.3 Å². The monoisotopic (exact) mass is 364 g/mol. The Morgan fingerprint density at radius 3 is 1.31 bits per heavy atom. The van der Waals surface area contributed by atoms with Gasteiger partial charge in [0.15, 0.2) is 0 Å². The first-order chi connectivity index (χ1) is 11.9. The molecule has 0 aromatic rings. The second-order valence-corrected chi connectivity index (χ2v) is 7.31. The average Bonchev–Trinajstić information content (AvgIpc) is 2.83. The first-order valence-electron chi connectivity index (χ1n) is 8.34. The van der Waals surface area contributed by atoms with Gasteiger partial charge in [-0.25, -0.2) is 9.59 Å². The van der Waals surface area contributed by atoms with E-state index in [9.17, 15) is 19.2 Å². The number of nitrogens with one attached hydrogen (secondary N) is 2. The van der Waals surface area contributed by atoms with Gasteiger partial charge in [-0.15, -0.1) is 0 Å². The van der Waals surface area contributed by atoms with Gasteiger partial charge in [0, 0.05) is 13.1 Å². The molecule has 0 aliphatic carbocycles. The number of carbonyl (C=O) groups is 4. The van der Waals surface area contributed by atoms with Crippen LogP contribution >= 0.6 is 0 Å². The Balaban J connectivity index is 1.90. The minimum absolute atomic E-state index is 0.0130. The molecule has 2 aliphatic heterocycles. The minimum Gasteiger partial charge on any atom is -0.451 e. The third kappa shape index (κ3) is 3.49. The van der Waals surface area contributed by atoms with Crippen LogP contribution in [0.25, 0.3) is 0 Å². The van der Waals surface area contributed by atoms with Crippen molar-refractivity contribution in [2.45, 2.75) is 52.7 Å². The normalized spacial score (nSPS) is 20.8. The molecule has 0 unspecified atom stereocenters. The zero-order valence-corrected chi connectivity index (χ0v) is 15.9. The molecule has 0 spiro atoms. The topological polar surface area (TPSA) is 111 Å². The van der Waals surface area contributed by atoms with Crippen LogP contribution in [0.2, 0.25) is 0 Å². The number of carbonyl (C=O) groups excluding carboxylic acids is 4. The van der Waals surface area contributed by atoms with Crippen molar-refractivity contribution in [1.29, 1.82) is 0 Å². The predicted octanol–water partition coefficient (Wildman–Crippen LogP) is 0.523. The lowest BCUT2D eigenvalue weighted by Crippen LogP contribution is -2.37. The fourth-order valence-electron chi connectivity index (χ4n) is 2.68. The SMILES string of the molecule is CC1=C(C(=O)NCCNC(=O)C2=C(C)C(C)(C)OC2=O)C(=O)OC1(C)C. The highest BCUT2D eigenvalue weighted by atomic mass is 16.6. The average molecular weight is 364 g/mol. The lowest BCUT2D eigenvalue weighted by molar-refractivity contribution is -0.146. The Hall–Kier alpha value is -2.64. The number of rotatable bonds is 5. The number of esters is 2. The number of hydrogen-bond acceptors (Lipinski definition) is 6. The Labute approximate surface area is 152 Å². The molecule has 0 saturated carbocycles. The third-order valence-electron chi connectivity index (χ3n) is 4.81. The summed E-state index contributed by atoms with van der Waals surface area (Å²) in [5.41, 5.74) is -0.529. The van der Waals surface area contributed by atoms with Crippen molar-refractivity contribution in [3.05, 3.63) is 22.3 Å². The van der Waals surface area contributed by atoms with E-state index in [4.69, 9.17) is 9.47 Å². The number of cyclic esters (lactones) is 2. The van der Waals surface area contributed by atoms with Crippen LogP contribution in [-0.4, -0.2) is 48.0 Å². The van der Waals surface area contributed by atoms with E-state index in [1.807, 2.05) is 0 Å². The molecule has 2 aliphatic rings. The van der Waals surface area contributed by atoms with E-state index in [0.717, 1.165) is 0 Å². The second kappa shape index (κ2) is 6.59. The maximum absolute atomic E-state index is 12.2. The highest BCUT2D eigenvalue weighted by molar-refractivity contribution is 6.19. The van der Waals surface area contributed by atoms with Crippen LogP contribution in [0.1, 0.15) is 41.5 Å². The van der Waals surface area contributed by atoms with Gasteiger partial charge in [-0.2, -0.15) is 0 Å². The number of amides is 2. The summed E-state index contributed by atoms with van der Waals surface area (Å²) < 4.78 is 10.3. The Morgan fingerprint density at radius 2 is 1.08 bits per heavy atom. The summed E-state index contributed by atoms with van der Waals surface area (Å²) in [4.78, 5) is 48.0. The van der Waals surface area contributed by atoms with E-state index < -0.39 is 35.0 Å². The lowest BCUT2D eigenvalue weighted by Gasteiger charge is -2.18. The molecule has 0 aromatic heterocycles. The molecule has 142 valence electrons. The molecule has 2 amide bonds. The van der Waals surface area contributed by atoms with Crippen molar-refractivity contribution < 1.29 is 28.7 Å². The van der Waals surface area contributed by atoms with Crippen molar-refractivity contribution in [2.24, 2.45) is 0 Å². The van der Waals surface area contributed by atoms with Crippen LogP contribution in [-0.2, 0) is 28.7 Å². The zero-order chi connectivity index (χ0) is 19.9. The summed E-state index contributed by atoms with van der Waals surface area (Å²) in [6, 6.07) is 0. The molecule has 8 heteroatoms. The standard InChI is InChI=1S/C18H24N2O6/c1-9-11(15(23)25-17(9,3)4)13(21)19-7-8-20-14(22)12-10(2)18(5,6)26-16(12)24/h7-8H2,1-6H3,(H,19,21)(H,20,22). The van der Waals surface area contributed by atoms with Crippen LogP contribution in [0, 0.1) is 0 Å². The van der Waals surface area contributed by atoms with Gasteiger partial charge < -0.3 is 20.1 Å². The number of ether oxygens (including phenoxy) is 2. The van der Waals surface area contributed by atoms with Crippen LogP contribution in [0.3, 0.4) is 0 Å². The first-order valence-corrected chi connectivity index (χ1v) is 8.34. The second-order valence-electron chi connectivity index (χ2n) is 7.31. The fraction of sp³-hybridized carbons (Fsp3) is 0.556. The Morgan fingerprint density at radius 1 is 0.769 bits per heavy atom. The maximum Gasteiger partial charge on any atom is 0.344 e. The summed E-state index contributed by atoms with van der Waals surface area (Å²) in [7, 11) is 0. The molecular formula is C18H24N2O6. The highest BCUT2D eigenvalue weighted by Crippen LogP contribution is 2.32. The van der Waals surface area contributed by atoms with Gasteiger partial charge in [-0.1, -0.05) is 0 Å². The van der Waals surface area contributed by atoms with Crippen LogP contribution in [0.5, 0.6) is 0 Å². The zero-order valence-electron chi connectivity index (χ0n) is 15.9. The molecule has 8 nitrogen and oxygen atoms in total. The molecule has 2 N–H and O–H groups in total. The van der Waals surface area contributed by atoms with Crippen LogP contribution in [0.4, 0.5) is 0 Å². The molecule has 0 atom stereocenters. The molecular weight excluding hydrogens is 340 g/mol. The number of hydrogen-bond donors (Lipinski definition) is 2. The Kier molecular flexibility index (Phi) is 4.98. The molecule has 2 rings (SSSR count). The van der Waals surface area contributed by atoms with Gasteiger partial charge in [0.05, 0.1) is 0 Å². The summed E-state index contributed by atoms with van der Waals surface area (Å²) >= 11 is 0. The largest absolute Gasteiger partial charge is 0.451 e. The van der Waals surface area contributed by atoms with E-state index in [0.29, 0.717) is 11.1 Å². The smallest absolute Gasteiger partial charge is 0.344 e. The lowest BCUT2D eigenvalue weighted by atomic mass is 9.97. The van der Waals surface area contributed by atoms with Crippen molar-refractivity contribution >= 4 is 23.8 Å². The van der Waals surface area contributed by atoms with Gasteiger partial charge in [-0.05, 0) is 52.7 Å². The van der Waals surface area contributed by atoms with Gasteiger partial charge in [0.2, 0.25) is 0 Å². The van der Waals surface area contributed by atoms with E-state index in [-0.39, 0.29) is 24.2 Å². The van der Waals surface area contributed by atoms with Crippen molar-refractivity contribution in [2.75, 3.05) is 13.1 Å². The molecule has 2 heterocycles. The van der Waals surface area contributed by atoms with Crippen LogP contribution < -0.4 is 10.6 Å². The first kappa shape index (κ1) is 19.7. The maximum atomic E-state index is 12.2. The van der Waals surface area contributed by atoms with E-state index in [1.165, 1.54) is 0 Å². The molecule has 0 radical (unpaired) electrons. The summed E-state index contributed by atoms with van der Waals surface area (Å²) in [5, 5.41) is 5.13. The quantitative estimate of drug-likeness (QED) is 0.418. The van der Waals surface area contributed by atoms with Crippen molar-refractivity contribution in [1.82, 2.24) is 10.6 Å². The van der Waals surface area contributed by atoms with Gasteiger partial charge >= 0.3 is 11.9 Å². The summed E-state index contributed by atoms with van der Waals surface area (Å²) in [6.07, 6.45) is 0. The van der Waals surface area contributed by atoms with E-state index in [1.54, 1.807) is 41.5 Å². The highest BCUT2D eigenvalue weighted by Gasteiger charge is 2.42. The van der Waals surface area contributed by atoms with Crippen molar-refractivity contribution in [3.8, 4) is 0 Å². The van der Waals surface area contributed by atoms with Crippen molar-refractivity contribution in [3.63, 3.8) is 0 Å². The molecule has 0 aromatic carbocycles. The summed E-state index contributed by atoms with van der Waals surface area (Å²) in [5.74, 6) is -2.43. The molecule has 0 bridgehead atoms. The third-order valence-corrected chi connectivity index (χ3v) is 4.81. The minimum atomic E-state index is -0.808. The molecule has 0 saturated heterocycles.